The number of carbonyl (C=O) groups excluding carboxylic acids is 4. The van der Waals surface area contributed by atoms with Gasteiger partial charge >= 0.3 is 12.2 Å². The first-order valence-electron chi connectivity index (χ1n) is 22.0. The lowest BCUT2D eigenvalue weighted by molar-refractivity contribution is 0.0114. The number of carbonyl (C=O) groups is 4. The van der Waals surface area contributed by atoms with Gasteiger partial charge in [-0.25, -0.2) is 14.6 Å². The zero-order valence-corrected chi connectivity index (χ0v) is 39.6. The fraction of sp³-hybridized carbons (Fsp3) is 0.438. The Balaban J connectivity index is 1.22. The van der Waals surface area contributed by atoms with Crippen molar-refractivity contribution in [3.63, 3.8) is 0 Å². The molecule has 360 valence electrons. The number of alkyl halides is 1. The maximum absolute atomic E-state index is 14.5. The van der Waals surface area contributed by atoms with Gasteiger partial charge in [-0.3, -0.25) is 9.59 Å². The number of ether oxygens (including phenoxy) is 7. The minimum Gasteiger partial charge on any atom is -0.468 e. The molecule has 4 amide bonds. The lowest BCUT2D eigenvalue weighted by Crippen LogP contribution is -2.43. The molecule has 19 heteroatoms. The summed E-state index contributed by atoms with van der Waals surface area (Å²) in [5, 5.41) is 4.38. The van der Waals surface area contributed by atoms with Gasteiger partial charge in [0.1, 0.15) is 28.4 Å². The molecular weight excluding hydrogens is 886 g/mol. The minimum absolute atomic E-state index is 0.0902. The van der Waals surface area contributed by atoms with Crippen LogP contribution in [0.15, 0.2) is 73.1 Å². The summed E-state index contributed by atoms with van der Waals surface area (Å²) in [6, 6.07) is 17.5. The Labute approximate surface area is 395 Å². The van der Waals surface area contributed by atoms with E-state index >= 15 is 0 Å². The van der Waals surface area contributed by atoms with Gasteiger partial charge in [0.15, 0.2) is 6.79 Å². The van der Waals surface area contributed by atoms with E-state index in [0.29, 0.717) is 66.7 Å². The van der Waals surface area contributed by atoms with Gasteiger partial charge in [-0.15, -0.1) is 11.6 Å². The van der Waals surface area contributed by atoms with Crippen LogP contribution in [0.3, 0.4) is 0 Å². The van der Waals surface area contributed by atoms with Gasteiger partial charge in [-0.05, 0) is 80.6 Å². The molecule has 3 heterocycles. The highest BCUT2D eigenvalue weighted by atomic mass is 35.5. The Morgan fingerprint density at radius 1 is 0.896 bits per heavy atom. The van der Waals surface area contributed by atoms with E-state index in [1.165, 1.54) is 16.9 Å². The quantitative estimate of drug-likeness (QED) is 0.0423. The van der Waals surface area contributed by atoms with Crippen LogP contribution in [0.4, 0.5) is 21.0 Å². The summed E-state index contributed by atoms with van der Waals surface area (Å²) in [7, 11) is 3.12. The first-order valence-corrected chi connectivity index (χ1v) is 22.5. The van der Waals surface area contributed by atoms with Crippen molar-refractivity contribution in [3.8, 4) is 11.5 Å². The van der Waals surface area contributed by atoms with Crippen LogP contribution in [0.5, 0.6) is 11.5 Å². The molecule has 1 aliphatic heterocycles. The molecule has 2 aromatic heterocycles. The zero-order chi connectivity index (χ0) is 48.1. The van der Waals surface area contributed by atoms with Gasteiger partial charge in [0, 0.05) is 88.1 Å². The normalized spacial score (nSPS) is 13.4. The average molecular weight is 946 g/mol. The van der Waals surface area contributed by atoms with E-state index in [1.54, 1.807) is 92.0 Å². The van der Waals surface area contributed by atoms with E-state index < -0.39 is 17.8 Å². The predicted octanol–water partition coefficient (Wildman–Crippen LogP) is 6.69. The highest BCUT2D eigenvalue weighted by Gasteiger charge is 2.37. The van der Waals surface area contributed by atoms with E-state index in [2.05, 4.69) is 10.3 Å². The lowest BCUT2D eigenvalue weighted by atomic mass is 9.92. The number of anilines is 2. The first kappa shape index (κ1) is 50.4. The molecule has 1 atom stereocenters. The number of fused-ring (bicyclic) bond motifs is 4. The number of nitrogens with one attached hydrogen (secondary N) is 1. The van der Waals surface area contributed by atoms with E-state index in [-0.39, 0.29) is 81.2 Å². The Morgan fingerprint density at radius 2 is 1.61 bits per heavy atom. The number of nitrogens with two attached hydrogens (primary N) is 1. The second kappa shape index (κ2) is 23.6. The average Bonchev–Trinajstić information content (AvgIpc) is 3.90. The molecule has 6 rings (SSSR count). The molecule has 3 aromatic carbocycles. The van der Waals surface area contributed by atoms with Crippen LogP contribution in [0.25, 0.3) is 16.4 Å². The van der Waals surface area contributed by atoms with Crippen LogP contribution in [-0.4, -0.2) is 148 Å². The van der Waals surface area contributed by atoms with Crippen molar-refractivity contribution in [2.24, 2.45) is 5.73 Å². The number of amides is 4. The zero-order valence-electron chi connectivity index (χ0n) is 38.9. The summed E-state index contributed by atoms with van der Waals surface area (Å²) < 4.78 is 40.5. The van der Waals surface area contributed by atoms with Crippen molar-refractivity contribution in [1.82, 2.24) is 19.2 Å². The number of aromatic nitrogens is 2. The van der Waals surface area contributed by atoms with Crippen molar-refractivity contribution in [1.29, 1.82) is 0 Å². The molecular formula is C48H60ClN7O11. The van der Waals surface area contributed by atoms with Crippen molar-refractivity contribution in [2.75, 3.05) is 109 Å². The third kappa shape index (κ3) is 13.3. The third-order valence-corrected chi connectivity index (χ3v) is 11.0. The van der Waals surface area contributed by atoms with Crippen LogP contribution in [0.2, 0.25) is 0 Å². The van der Waals surface area contributed by atoms with E-state index in [1.807, 2.05) is 25.1 Å². The number of hydrogen-bond donors (Lipinski definition) is 2. The summed E-state index contributed by atoms with van der Waals surface area (Å²) in [4.78, 5) is 63.8. The molecule has 3 N–H and O–H groups in total. The summed E-state index contributed by atoms with van der Waals surface area (Å²) in [5.41, 5.74) is 8.61. The number of hydrogen-bond acceptors (Lipinski definition) is 13. The molecule has 0 fully saturated rings. The van der Waals surface area contributed by atoms with E-state index in [9.17, 15) is 19.2 Å². The fourth-order valence-corrected chi connectivity index (χ4v) is 7.63. The van der Waals surface area contributed by atoms with Gasteiger partial charge in [-0.2, -0.15) is 0 Å². The molecule has 0 radical (unpaired) electrons. The Bertz CT molecular complexity index is 2490. The number of methoxy groups -OCH3 is 1. The molecule has 1 aliphatic rings. The van der Waals surface area contributed by atoms with Gasteiger partial charge < -0.3 is 63.3 Å². The number of pyridine rings is 1. The first-order chi connectivity index (χ1) is 32.2. The molecule has 0 saturated carbocycles. The molecule has 0 bridgehead atoms. The summed E-state index contributed by atoms with van der Waals surface area (Å²) in [6.07, 6.45) is 2.07. The van der Waals surface area contributed by atoms with Crippen molar-refractivity contribution < 1.29 is 52.3 Å². The predicted molar refractivity (Wildman–Crippen MR) is 254 cm³/mol. The third-order valence-electron chi connectivity index (χ3n) is 10.7. The topological polar surface area (TPSA) is 198 Å². The molecule has 0 aliphatic carbocycles. The molecule has 0 saturated heterocycles. The van der Waals surface area contributed by atoms with Gasteiger partial charge in [-0.1, -0.05) is 18.2 Å². The van der Waals surface area contributed by atoms with Crippen LogP contribution < -0.4 is 25.4 Å². The van der Waals surface area contributed by atoms with Gasteiger partial charge in [0.2, 0.25) is 0 Å². The Morgan fingerprint density at radius 3 is 2.30 bits per heavy atom. The second-order valence-electron chi connectivity index (χ2n) is 16.8. The maximum atomic E-state index is 14.5. The lowest BCUT2D eigenvalue weighted by Gasteiger charge is -2.28. The highest BCUT2D eigenvalue weighted by molar-refractivity contribution is 6.19. The smallest absolute Gasteiger partial charge is 0.415 e. The minimum atomic E-state index is -0.704. The molecule has 67 heavy (non-hydrogen) atoms. The number of nitrogens with zero attached hydrogens (tertiary/aromatic N) is 5. The van der Waals surface area contributed by atoms with E-state index in [0.717, 1.165) is 16.5 Å². The summed E-state index contributed by atoms with van der Waals surface area (Å²) >= 11 is 6.64. The maximum Gasteiger partial charge on any atom is 0.415 e. The molecule has 0 unspecified atom stereocenters. The van der Waals surface area contributed by atoms with Gasteiger partial charge in [0.25, 0.3) is 11.8 Å². The van der Waals surface area contributed by atoms with E-state index in [4.69, 9.17) is 50.5 Å². The SMILES string of the molecule is COCOc1ccc(C(=O)Nc2ccc3nc(C(=O)N4C[C@@H](CCl)c5c4cc(OC(=O)N(CCOCCOCCOCCN)CCN(C)C(=O)OC(C)(C)C)c4cccc(C)c54)cn3c2)cc1. The van der Waals surface area contributed by atoms with Crippen molar-refractivity contribution in [2.45, 2.75) is 39.2 Å². The largest absolute Gasteiger partial charge is 0.468 e. The van der Waals surface area contributed by atoms with Crippen LogP contribution in [0.1, 0.15) is 58.7 Å². The number of likely N-dealkylation sites (N-methyl/N-ethyl adjacent to an activating group) is 1. The number of rotatable bonds is 22. The highest BCUT2D eigenvalue weighted by Crippen LogP contribution is 2.47. The molecule has 5 aromatic rings. The number of benzene rings is 3. The number of halogens is 1. The Hall–Kier alpha value is -6.02. The van der Waals surface area contributed by atoms with Crippen LogP contribution >= 0.6 is 11.6 Å². The second-order valence-corrected chi connectivity index (χ2v) is 17.1. The Kier molecular flexibility index (Phi) is 17.8. The summed E-state index contributed by atoms with van der Waals surface area (Å²) in [5.74, 6) is 0.0607. The molecule has 0 spiro atoms. The van der Waals surface area contributed by atoms with Crippen LogP contribution in [0, 0.1) is 6.92 Å². The monoisotopic (exact) mass is 945 g/mol. The van der Waals surface area contributed by atoms with Gasteiger partial charge in [0.05, 0.1) is 51.0 Å². The number of aryl methyl sites for hydroxylation is 1. The fourth-order valence-electron chi connectivity index (χ4n) is 7.38. The number of imidazole rings is 1. The standard InChI is InChI=1S/C48H60ClN7O11/c1-32-8-7-9-37-40(66-47(60)54(18-17-53(5)46(59)67-48(2,3)4)19-21-63-23-25-64-24-22-62-20-16-50)26-39-43(42(32)37)34(27-49)28-56(39)45(58)38-30-55-29-35(12-15-41(55)52-38)51-44(57)33-10-13-36(14-11-33)65-31-61-6/h7-15,26,29-30,34H,16-25,27-28,31,50H2,1-6H3,(H,51,57)/t34-/m1/s1. The van der Waals surface area contributed by atoms with Crippen molar-refractivity contribution in [3.05, 3.63) is 95.4 Å². The van der Waals surface area contributed by atoms with Crippen LogP contribution in [-0.2, 0) is 23.7 Å². The summed E-state index contributed by atoms with van der Waals surface area (Å²) in [6.45, 7) is 10.5. The van der Waals surface area contributed by atoms with Crippen molar-refractivity contribution >= 4 is 63.4 Å². The molecule has 18 nitrogen and oxygen atoms in total.